The van der Waals surface area contributed by atoms with Crippen molar-refractivity contribution in [3.8, 4) is 158 Å². The summed E-state index contributed by atoms with van der Waals surface area (Å²) in [6, 6.07) is 159. The van der Waals surface area contributed by atoms with Gasteiger partial charge in [-0.25, -0.2) is 44.9 Å². The highest BCUT2D eigenvalue weighted by Gasteiger charge is 2.43. The predicted molar refractivity (Wildman–Crippen MR) is 570 cm³/mol. The summed E-state index contributed by atoms with van der Waals surface area (Å²) in [6.45, 7) is 4.58. The fourth-order valence-electron chi connectivity index (χ4n) is 17.8. The number of hydrogen-bond acceptors (Lipinski definition) is 13. The molecule has 13 nitrogen and oxygen atoms in total. The maximum atomic E-state index is 9.57. The molecule has 0 spiro atoms. The molecule has 0 radical (unpaired) electrons. The molecule has 4 N–H and O–H groups in total. The molecule has 2 unspecified atom stereocenters. The van der Waals surface area contributed by atoms with E-state index in [1.165, 1.54) is 61.7 Å². The van der Waals surface area contributed by atoms with Crippen LogP contribution in [-0.4, -0.2) is 79.2 Å². The Morgan fingerprint density at radius 3 is 0.764 bits per heavy atom. The Kier molecular flexibility index (Phi) is 29.6. The molecule has 19 heteroatoms. The number of halogens is 4. The molecule has 3 aromatic heterocycles. The van der Waals surface area contributed by atoms with E-state index in [9.17, 15) is 10.0 Å². The number of nitrogens with zero attached hydrogens (tertiary/aromatic N) is 9. The predicted octanol–water partition coefficient (Wildman–Crippen LogP) is 24.1. The van der Waals surface area contributed by atoms with Crippen molar-refractivity contribution >= 4 is 64.3 Å². The van der Waals surface area contributed by atoms with E-state index in [4.69, 9.17) is 73.1 Å². The van der Waals surface area contributed by atoms with Crippen LogP contribution in [0.3, 0.4) is 0 Å². The summed E-state index contributed by atoms with van der Waals surface area (Å²) < 4.78 is 0.993. The third-order valence-electron chi connectivity index (χ3n) is 24.9. The van der Waals surface area contributed by atoms with Crippen molar-refractivity contribution < 1.29 is 44.1 Å². The molecule has 0 saturated carbocycles. The fourth-order valence-corrected chi connectivity index (χ4v) is 18.6. The van der Waals surface area contributed by atoms with E-state index < -0.39 is 14.2 Å². The van der Waals surface area contributed by atoms with Gasteiger partial charge in [0, 0.05) is 75.4 Å². The zero-order chi connectivity index (χ0) is 95.2. The van der Waals surface area contributed by atoms with Gasteiger partial charge in [0.25, 0.3) is 0 Å². The third-order valence-corrected chi connectivity index (χ3v) is 25.9. The molecular formula is C121H88B2BrCl2IN9O4-. The zero-order valence-electron chi connectivity index (χ0n) is 76.0. The van der Waals surface area contributed by atoms with Crippen molar-refractivity contribution in [2.24, 2.45) is 0 Å². The SMILES string of the molecule is Brc1cccc(-c2nc(-c3ccccc3)nc(-c3ccccc3)n2)c1.CC1(c2ccccc2)c2ccccc2-c2ccc(-c3cccc(-c4cccc(-c5nc(-c6ccccc6)nc(-c6ccccc6)n5)c4)c3)cc21.CC1(c2ccccc2)c2ccccc2-c2ccc(B(O)O)cc21.Clc1cccc(-c2cccc(-c3nc(-c4ccccc4)nc(-c4ccccc4)n3)c2)c1.OB(O)c1cccc(Cl)c1.[I-]. The first kappa shape index (κ1) is 95.1. The van der Waals surface area contributed by atoms with E-state index in [2.05, 4.69) is 199 Å². The van der Waals surface area contributed by atoms with Crippen LogP contribution in [0.25, 0.3) is 158 Å². The van der Waals surface area contributed by atoms with Crippen LogP contribution < -0.4 is 34.9 Å². The van der Waals surface area contributed by atoms with Crippen LogP contribution in [-0.2, 0) is 10.8 Å². The van der Waals surface area contributed by atoms with Crippen LogP contribution in [0.15, 0.2) is 478 Å². The van der Waals surface area contributed by atoms with E-state index in [-0.39, 0.29) is 34.8 Å². The second-order valence-corrected chi connectivity index (χ2v) is 35.6. The molecule has 0 saturated heterocycles. The first-order valence-corrected chi connectivity index (χ1v) is 47.1. The Labute approximate surface area is 850 Å². The quantitative estimate of drug-likeness (QED) is 0.0527. The molecule has 21 aromatic rings. The molecule has 2 atom stereocenters. The minimum atomic E-state index is -1.45. The summed E-state index contributed by atoms with van der Waals surface area (Å²) in [4.78, 5) is 43.2. The Balaban J connectivity index is 0.000000125. The van der Waals surface area contributed by atoms with Gasteiger partial charge in [0.15, 0.2) is 52.4 Å². The first-order valence-electron chi connectivity index (χ1n) is 45.5. The smallest absolute Gasteiger partial charge is 0.488 e. The topological polar surface area (TPSA) is 197 Å². The van der Waals surface area contributed by atoms with Crippen molar-refractivity contribution in [1.29, 1.82) is 0 Å². The van der Waals surface area contributed by atoms with Crippen LogP contribution in [0.4, 0.5) is 0 Å². The number of benzene rings is 18. The maximum Gasteiger partial charge on any atom is 0.488 e. The molecule has 0 fully saturated rings. The van der Waals surface area contributed by atoms with Crippen molar-refractivity contribution in [3.63, 3.8) is 0 Å². The van der Waals surface area contributed by atoms with Gasteiger partial charge in [-0.2, -0.15) is 0 Å². The average molecular weight is 2030 g/mol. The van der Waals surface area contributed by atoms with Gasteiger partial charge in [0.05, 0.1) is 0 Å². The highest BCUT2D eigenvalue weighted by molar-refractivity contribution is 9.10. The standard InChI is InChI=1S/C47H33N3.C27H18ClN3.C21H14BrN3.C20H17BO2.C6H6BClO2.HI/c1-47(39-23-9-4-10-24-39)42-26-12-11-25-40(42)41-28-27-37(31-43(41)47)35-20-13-19-34(29-35)36-21-14-22-38(30-36)46-49-44(32-15-5-2-6-16-32)48-45(50-46)33-17-7-3-8-18-33;28-24-16-8-14-22(18-24)21-13-7-15-23(17-21)27-30-25(19-9-3-1-4-10-19)29-26(31-27)20-11-5-2-6-12-20;22-18-13-7-12-17(14-18)21-24-19(15-8-3-1-4-9-15)23-20(25-21)16-10-5-2-6-11-16;1-20(14-7-3-2-4-8-14)18-10-6-5-9-16(18)17-12-11-15(21(22)23)13-19(17)20;8-6-3-1-2-5(4-6)7(9)10;/h2-31H,1H3;1-18H;1-14H;2-13,22-23H,1H3;1-4,9-10H;1H/p-1. The van der Waals surface area contributed by atoms with Gasteiger partial charge in [-0.3, -0.25) is 0 Å². The lowest BCUT2D eigenvalue weighted by atomic mass is 9.71. The summed E-state index contributed by atoms with van der Waals surface area (Å²) in [7, 11) is -2.89. The lowest BCUT2D eigenvalue weighted by Gasteiger charge is -2.28. The molecule has 0 amide bonds. The second kappa shape index (κ2) is 43.6. The highest BCUT2D eigenvalue weighted by atomic mass is 127. The summed E-state index contributed by atoms with van der Waals surface area (Å²) in [5.74, 6) is 5.90. The van der Waals surface area contributed by atoms with Crippen molar-refractivity contribution in [2.45, 2.75) is 24.7 Å². The summed E-state index contributed by atoms with van der Waals surface area (Å²) in [6.07, 6.45) is 0. The Bertz CT molecular complexity index is 7750. The van der Waals surface area contributed by atoms with Crippen LogP contribution in [0.2, 0.25) is 10.0 Å². The second-order valence-electron chi connectivity index (χ2n) is 33.8. The van der Waals surface area contributed by atoms with E-state index in [0.29, 0.717) is 73.4 Å². The normalized spacial score (nSPS) is 13.2. The third kappa shape index (κ3) is 21.2. The van der Waals surface area contributed by atoms with E-state index in [1.54, 1.807) is 24.3 Å². The van der Waals surface area contributed by atoms with Gasteiger partial charge >= 0.3 is 14.2 Å². The lowest BCUT2D eigenvalue weighted by Crippen LogP contribution is -3.00. The number of hydrogen-bond donors (Lipinski definition) is 4. The van der Waals surface area contributed by atoms with Crippen LogP contribution in [0.5, 0.6) is 0 Å². The molecule has 3 heterocycles. The van der Waals surface area contributed by atoms with Gasteiger partial charge < -0.3 is 44.1 Å². The van der Waals surface area contributed by atoms with Crippen LogP contribution in [0, 0.1) is 0 Å². The Morgan fingerprint density at radius 2 is 0.436 bits per heavy atom. The van der Waals surface area contributed by atoms with E-state index in [1.807, 2.05) is 279 Å². The minimum Gasteiger partial charge on any atom is -1.00 e. The number of rotatable bonds is 16. The van der Waals surface area contributed by atoms with Crippen molar-refractivity contribution in [3.05, 3.63) is 521 Å². The molecule has 0 aliphatic heterocycles. The van der Waals surface area contributed by atoms with Gasteiger partial charge in [0.1, 0.15) is 0 Å². The van der Waals surface area contributed by atoms with Crippen LogP contribution >= 0.6 is 39.1 Å². The van der Waals surface area contributed by atoms with Gasteiger partial charge in [-0.1, -0.05) is 452 Å². The summed E-state index contributed by atoms with van der Waals surface area (Å²) in [5.41, 5.74) is 28.3. The summed E-state index contributed by atoms with van der Waals surface area (Å²) >= 11 is 15.3. The Morgan fingerprint density at radius 1 is 0.200 bits per heavy atom. The summed E-state index contributed by atoms with van der Waals surface area (Å²) in [5, 5.41) is 37.6. The van der Waals surface area contributed by atoms with Gasteiger partial charge in [-0.05, 0) is 174 Å². The lowest BCUT2D eigenvalue weighted by molar-refractivity contribution is -0.0000317. The molecule has 0 bridgehead atoms. The number of fused-ring (bicyclic) bond motifs is 6. The first-order chi connectivity index (χ1) is 68.0. The molecule has 18 aromatic carbocycles. The minimum absolute atomic E-state index is 0. The van der Waals surface area contributed by atoms with Gasteiger partial charge in [0.2, 0.25) is 0 Å². The average Bonchev–Trinajstić information content (AvgIpc) is 1.56. The Hall–Kier alpha value is -15.3. The van der Waals surface area contributed by atoms with E-state index >= 15 is 0 Å². The highest BCUT2D eigenvalue weighted by Crippen LogP contribution is 2.55. The molecule has 140 heavy (non-hydrogen) atoms. The maximum absolute atomic E-state index is 9.57. The number of aromatic nitrogens is 9. The van der Waals surface area contributed by atoms with Crippen LogP contribution in [0.1, 0.15) is 47.2 Å². The van der Waals surface area contributed by atoms with Crippen molar-refractivity contribution in [1.82, 2.24) is 44.9 Å². The molecule has 676 valence electrons. The monoisotopic (exact) mass is 2030 g/mol. The largest absolute Gasteiger partial charge is 1.00 e. The molecular weight excluding hydrogens is 1940 g/mol. The molecule has 2 aliphatic carbocycles. The molecule has 2 aliphatic rings. The van der Waals surface area contributed by atoms with Gasteiger partial charge in [-0.15, -0.1) is 0 Å². The molecule has 23 rings (SSSR count). The fraction of sp³-hybridized carbons (Fsp3) is 0.0331. The van der Waals surface area contributed by atoms with E-state index in [0.717, 1.165) is 87.9 Å². The van der Waals surface area contributed by atoms with Crippen molar-refractivity contribution in [2.75, 3.05) is 0 Å². The zero-order valence-corrected chi connectivity index (χ0v) is 81.3.